The molecule has 138 valence electrons. The van der Waals surface area contributed by atoms with E-state index < -0.39 is 0 Å². The zero-order chi connectivity index (χ0) is 19.0. The summed E-state index contributed by atoms with van der Waals surface area (Å²) in [4.78, 5) is 7.10. The Bertz CT molecular complexity index is 1080. The molecule has 2 aromatic carbocycles. The Balaban J connectivity index is 1.81. The molecule has 0 aliphatic rings. The number of nitrogens with one attached hydrogen (secondary N) is 1. The number of aromatic nitrogens is 3. The molecule has 5 nitrogen and oxygen atoms in total. The topological polar surface area (TPSA) is 54.9 Å². The molecule has 2 N–H and O–H groups in total. The number of benzene rings is 2. The van der Waals surface area contributed by atoms with Crippen molar-refractivity contribution in [3.8, 4) is 5.88 Å². The number of hydrogen-bond donors (Lipinski definition) is 2. The molecule has 4 aromatic rings. The lowest BCUT2D eigenvalue weighted by Gasteiger charge is -2.25. The molecule has 0 fully saturated rings. The number of thiazole rings is 1. The lowest BCUT2D eigenvalue weighted by atomic mass is 10.0. The van der Waals surface area contributed by atoms with Gasteiger partial charge in [-0.3, -0.25) is 0 Å². The molecule has 2 atom stereocenters. The summed E-state index contributed by atoms with van der Waals surface area (Å²) in [6.45, 7) is 2.61. The number of fused-ring (bicyclic) bond motifs is 1. The van der Waals surface area contributed by atoms with Gasteiger partial charge in [-0.05, 0) is 13.0 Å². The Hall–Kier alpha value is -2.41. The zero-order valence-electron chi connectivity index (χ0n) is 15.1. The highest BCUT2D eigenvalue weighted by Crippen LogP contribution is 2.37. The normalized spacial score (nSPS) is 13.7. The Morgan fingerprint density at radius 1 is 1.15 bits per heavy atom. The lowest BCUT2D eigenvalue weighted by Crippen LogP contribution is -3.08. The molecule has 1 unspecified atom stereocenters. The van der Waals surface area contributed by atoms with Crippen LogP contribution in [0.1, 0.15) is 27.9 Å². The standard InChI is InChI=1S/C20H19ClN4OS/c1-13-22-20-25(23-13)19(26)18(27-20)17(15-10-6-7-11-16(15)21)24(2)12-14-8-4-3-5-9-14/h3-11,17,26H,12H2,1-2H3/p+1/t17-/m1/s1. The Labute approximate surface area is 166 Å². The monoisotopic (exact) mass is 399 g/mol. The summed E-state index contributed by atoms with van der Waals surface area (Å²) < 4.78 is 1.51. The SMILES string of the molecule is Cc1nc2sc([C@@H](c3ccccc3Cl)[NH+](C)Cc3ccccc3)c(O)n2n1. The van der Waals surface area contributed by atoms with E-state index in [1.54, 1.807) is 0 Å². The molecule has 4 rings (SSSR count). The third-order valence-corrected chi connectivity index (χ3v) is 6.03. The first-order valence-electron chi connectivity index (χ1n) is 8.70. The third kappa shape index (κ3) is 3.43. The number of aromatic hydroxyl groups is 1. The Morgan fingerprint density at radius 2 is 1.85 bits per heavy atom. The van der Waals surface area contributed by atoms with Gasteiger partial charge in [0.15, 0.2) is 6.04 Å². The van der Waals surface area contributed by atoms with Crippen molar-refractivity contribution in [2.75, 3.05) is 7.05 Å². The molecule has 2 heterocycles. The van der Waals surface area contributed by atoms with Crippen LogP contribution in [0.5, 0.6) is 5.88 Å². The van der Waals surface area contributed by atoms with Crippen molar-refractivity contribution in [1.29, 1.82) is 0 Å². The van der Waals surface area contributed by atoms with E-state index in [0.29, 0.717) is 15.8 Å². The summed E-state index contributed by atoms with van der Waals surface area (Å²) in [5.41, 5.74) is 2.20. The number of rotatable bonds is 5. The molecule has 0 saturated carbocycles. The largest absolute Gasteiger partial charge is 0.492 e. The second-order valence-corrected chi connectivity index (χ2v) is 8.02. The summed E-state index contributed by atoms with van der Waals surface area (Å²) in [6, 6.07) is 18.0. The second-order valence-electron chi connectivity index (χ2n) is 6.61. The predicted octanol–water partition coefficient (Wildman–Crippen LogP) is 3.26. The molecule has 0 spiro atoms. The molecule has 27 heavy (non-hydrogen) atoms. The van der Waals surface area contributed by atoms with Crippen LogP contribution in [-0.2, 0) is 6.54 Å². The van der Waals surface area contributed by atoms with Crippen molar-refractivity contribution in [1.82, 2.24) is 14.6 Å². The average Bonchev–Trinajstić information content (AvgIpc) is 3.15. The predicted molar refractivity (Wildman–Crippen MR) is 108 cm³/mol. The van der Waals surface area contributed by atoms with Gasteiger partial charge in [0.1, 0.15) is 17.2 Å². The molecule has 0 bridgehead atoms. The summed E-state index contributed by atoms with van der Waals surface area (Å²) in [5, 5.41) is 15.8. The van der Waals surface area contributed by atoms with Crippen LogP contribution in [0.25, 0.3) is 4.96 Å². The number of quaternary nitrogens is 1. The maximum atomic E-state index is 10.9. The quantitative estimate of drug-likeness (QED) is 0.541. The van der Waals surface area contributed by atoms with Gasteiger partial charge in [-0.15, -0.1) is 5.10 Å². The minimum Gasteiger partial charge on any atom is -0.492 e. The van der Waals surface area contributed by atoms with E-state index in [-0.39, 0.29) is 11.9 Å². The summed E-state index contributed by atoms with van der Waals surface area (Å²) in [6.07, 6.45) is 0. The van der Waals surface area contributed by atoms with Gasteiger partial charge in [0.05, 0.1) is 12.1 Å². The Kier molecular flexibility index (Phi) is 4.86. The van der Waals surface area contributed by atoms with Gasteiger partial charge in [0.25, 0.3) is 0 Å². The Morgan fingerprint density at radius 3 is 2.56 bits per heavy atom. The van der Waals surface area contributed by atoms with Gasteiger partial charge >= 0.3 is 0 Å². The average molecular weight is 400 g/mol. The minimum atomic E-state index is -0.132. The fraction of sp³-hybridized carbons (Fsp3) is 0.200. The van der Waals surface area contributed by atoms with Crippen LogP contribution in [0.4, 0.5) is 0 Å². The van der Waals surface area contributed by atoms with Crippen molar-refractivity contribution in [3.63, 3.8) is 0 Å². The number of aryl methyl sites for hydroxylation is 1. The number of halogens is 1. The van der Waals surface area contributed by atoms with Crippen LogP contribution in [0.3, 0.4) is 0 Å². The molecular weight excluding hydrogens is 380 g/mol. The van der Waals surface area contributed by atoms with Crippen molar-refractivity contribution in [3.05, 3.63) is 81.4 Å². The highest BCUT2D eigenvalue weighted by Gasteiger charge is 2.32. The van der Waals surface area contributed by atoms with Gasteiger partial charge in [-0.1, -0.05) is 71.5 Å². The summed E-state index contributed by atoms with van der Waals surface area (Å²) in [5.74, 6) is 0.773. The van der Waals surface area contributed by atoms with E-state index in [1.165, 1.54) is 26.3 Å². The molecule has 0 amide bonds. The lowest BCUT2D eigenvalue weighted by molar-refractivity contribution is -0.919. The van der Waals surface area contributed by atoms with E-state index in [1.807, 2.05) is 49.4 Å². The summed E-state index contributed by atoms with van der Waals surface area (Å²) in [7, 11) is 2.11. The van der Waals surface area contributed by atoms with Gasteiger partial charge in [-0.25, -0.2) is 4.98 Å². The van der Waals surface area contributed by atoms with Crippen molar-refractivity contribution in [2.45, 2.75) is 19.5 Å². The smallest absolute Gasteiger partial charge is 0.235 e. The first-order valence-corrected chi connectivity index (χ1v) is 9.89. The molecule has 0 saturated heterocycles. The van der Waals surface area contributed by atoms with Crippen molar-refractivity contribution < 1.29 is 10.0 Å². The molecule has 7 heteroatoms. The number of hydrogen-bond acceptors (Lipinski definition) is 4. The van der Waals surface area contributed by atoms with Crippen molar-refractivity contribution >= 4 is 27.9 Å². The van der Waals surface area contributed by atoms with Crippen LogP contribution >= 0.6 is 22.9 Å². The molecule has 2 aromatic heterocycles. The minimum absolute atomic E-state index is 0.132. The fourth-order valence-electron chi connectivity index (χ4n) is 3.40. The summed E-state index contributed by atoms with van der Waals surface area (Å²) >= 11 is 7.99. The fourth-order valence-corrected chi connectivity index (χ4v) is 4.85. The highest BCUT2D eigenvalue weighted by atomic mass is 35.5. The molecule has 0 radical (unpaired) electrons. The van der Waals surface area contributed by atoms with E-state index in [9.17, 15) is 5.11 Å². The van der Waals surface area contributed by atoms with Crippen LogP contribution in [-0.4, -0.2) is 26.8 Å². The van der Waals surface area contributed by atoms with Gasteiger partial charge in [-0.2, -0.15) is 4.52 Å². The van der Waals surface area contributed by atoms with Crippen LogP contribution in [0.2, 0.25) is 5.02 Å². The van der Waals surface area contributed by atoms with E-state index in [4.69, 9.17) is 11.6 Å². The van der Waals surface area contributed by atoms with Gasteiger partial charge in [0.2, 0.25) is 10.8 Å². The van der Waals surface area contributed by atoms with E-state index in [2.05, 4.69) is 29.3 Å². The molecule has 0 aliphatic heterocycles. The first-order chi connectivity index (χ1) is 13.0. The highest BCUT2D eigenvalue weighted by molar-refractivity contribution is 7.17. The molecular formula is C20H20ClN4OS+. The van der Waals surface area contributed by atoms with E-state index in [0.717, 1.165) is 17.0 Å². The zero-order valence-corrected chi connectivity index (χ0v) is 16.6. The van der Waals surface area contributed by atoms with Crippen LogP contribution in [0.15, 0.2) is 54.6 Å². The first kappa shape index (κ1) is 18.0. The number of nitrogens with zero attached hydrogens (tertiary/aromatic N) is 3. The molecule has 0 aliphatic carbocycles. The van der Waals surface area contributed by atoms with Crippen LogP contribution in [0, 0.1) is 6.92 Å². The maximum Gasteiger partial charge on any atom is 0.235 e. The van der Waals surface area contributed by atoms with E-state index >= 15 is 0 Å². The van der Waals surface area contributed by atoms with Crippen molar-refractivity contribution in [2.24, 2.45) is 0 Å². The maximum absolute atomic E-state index is 10.9. The second kappa shape index (κ2) is 7.31. The van der Waals surface area contributed by atoms with Gasteiger partial charge in [0, 0.05) is 11.1 Å². The third-order valence-electron chi connectivity index (χ3n) is 4.60. The van der Waals surface area contributed by atoms with Crippen LogP contribution < -0.4 is 4.90 Å². The van der Waals surface area contributed by atoms with Gasteiger partial charge < -0.3 is 10.0 Å².